The van der Waals surface area contributed by atoms with Crippen LogP contribution in [0.3, 0.4) is 0 Å². The predicted octanol–water partition coefficient (Wildman–Crippen LogP) is 1.31. The molecule has 1 aliphatic heterocycles. The van der Waals surface area contributed by atoms with Gasteiger partial charge in [-0.1, -0.05) is 0 Å². The second-order valence-electron chi connectivity index (χ2n) is 4.88. The van der Waals surface area contributed by atoms with Crippen LogP contribution in [-0.2, 0) is 4.74 Å². The number of carbonyl (C=O) groups is 1. The first-order valence-electron chi connectivity index (χ1n) is 6.75. The third-order valence-electron chi connectivity index (χ3n) is 3.44. The van der Waals surface area contributed by atoms with Crippen LogP contribution in [0.5, 0.6) is 0 Å². The minimum atomic E-state index is 0.0111. The number of ketones is 1. The van der Waals surface area contributed by atoms with Gasteiger partial charge < -0.3 is 15.8 Å². The van der Waals surface area contributed by atoms with Crippen LogP contribution in [0.2, 0.25) is 0 Å². The fourth-order valence-corrected chi connectivity index (χ4v) is 2.35. The van der Waals surface area contributed by atoms with Crippen LogP contribution < -0.4 is 11.1 Å². The Hall–Kier alpha value is -1.46. The van der Waals surface area contributed by atoms with Crippen LogP contribution in [0.15, 0.2) is 12.3 Å². The lowest BCUT2D eigenvalue weighted by molar-refractivity contribution is 0.0314. The Morgan fingerprint density at radius 1 is 1.53 bits per heavy atom. The summed E-state index contributed by atoms with van der Waals surface area (Å²) in [5, 5.41) is 3.28. The molecule has 0 spiro atoms. The third kappa shape index (κ3) is 3.75. The molecular weight excluding hydrogens is 242 g/mol. The van der Waals surface area contributed by atoms with E-state index in [1.165, 1.54) is 0 Å². The van der Waals surface area contributed by atoms with Crippen LogP contribution in [0.1, 0.15) is 35.2 Å². The SMILES string of the molecule is Cc1ccnc(N)c1C(=O)CCOC1CCNCC1. The maximum atomic E-state index is 12.1. The molecule has 1 saturated heterocycles. The van der Waals surface area contributed by atoms with Crippen molar-refractivity contribution in [1.29, 1.82) is 0 Å². The minimum Gasteiger partial charge on any atom is -0.383 e. The number of Topliss-reactive ketones (excluding diaryl/α,β-unsaturated/α-hetero) is 1. The maximum absolute atomic E-state index is 12.1. The molecule has 0 amide bonds. The molecule has 2 heterocycles. The Kier molecular flexibility index (Phi) is 4.87. The third-order valence-corrected chi connectivity index (χ3v) is 3.44. The van der Waals surface area contributed by atoms with Crippen molar-refractivity contribution in [2.75, 3.05) is 25.4 Å². The first-order chi connectivity index (χ1) is 9.18. The van der Waals surface area contributed by atoms with Gasteiger partial charge in [-0.05, 0) is 44.5 Å². The Morgan fingerprint density at radius 3 is 2.95 bits per heavy atom. The average Bonchev–Trinajstić information content (AvgIpc) is 2.40. The molecule has 5 nitrogen and oxygen atoms in total. The Morgan fingerprint density at radius 2 is 2.26 bits per heavy atom. The second-order valence-corrected chi connectivity index (χ2v) is 4.88. The lowest BCUT2D eigenvalue weighted by Crippen LogP contribution is -2.32. The molecule has 0 aliphatic carbocycles. The number of nitrogen functional groups attached to an aromatic ring is 1. The van der Waals surface area contributed by atoms with E-state index in [9.17, 15) is 4.79 Å². The summed E-state index contributed by atoms with van der Waals surface area (Å²) >= 11 is 0. The summed E-state index contributed by atoms with van der Waals surface area (Å²) in [5.74, 6) is 0.323. The van der Waals surface area contributed by atoms with E-state index < -0.39 is 0 Å². The first kappa shape index (κ1) is 14.0. The Balaban J connectivity index is 1.84. The number of hydrogen-bond acceptors (Lipinski definition) is 5. The largest absolute Gasteiger partial charge is 0.383 e. The molecule has 3 N–H and O–H groups in total. The van der Waals surface area contributed by atoms with Crippen LogP contribution in [-0.4, -0.2) is 36.6 Å². The van der Waals surface area contributed by atoms with Crippen molar-refractivity contribution < 1.29 is 9.53 Å². The molecule has 0 radical (unpaired) electrons. The quantitative estimate of drug-likeness (QED) is 0.783. The number of ether oxygens (including phenoxy) is 1. The zero-order chi connectivity index (χ0) is 13.7. The number of pyridine rings is 1. The molecule has 0 atom stereocenters. The molecule has 19 heavy (non-hydrogen) atoms. The van der Waals surface area contributed by atoms with Gasteiger partial charge in [0.25, 0.3) is 0 Å². The number of anilines is 1. The molecule has 0 saturated carbocycles. The van der Waals surface area contributed by atoms with Crippen molar-refractivity contribution in [1.82, 2.24) is 10.3 Å². The summed E-state index contributed by atoms with van der Waals surface area (Å²) in [6, 6.07) is 1.80. The molecule has 1 aliphatic rings. The topological polar surface area (TPSA) is 77.2 Å². The molecule has 2 rings (SSSR count). The first-order valence-corrected chi connectivity index (χ1v) is 6.75. The lowest BCUT2D eigenvalue weighted by atomic mass is 10.0. The number of aromatic nitrogens is 1. The van der Waals surface area contributed by atoms with Crippen LogP contribution >= 0.6 is 0 Å². The van der Waals surface area contributed by atoms with E-state index in [-0.39, 0.29) is 11.9 Å². The van der Waals surface area contributed by atoms with Crippen molar-refractivity contribution in [3.63, 3.8) is 0 Å². The number of nitrogens with zero attached hydrogens (tertiary/aromatic N) is 1. The van der Waals surface area contributed by atoms with E-state index in [1.807, 2.05) is 6.92 Å². The molecule has 0 aromatic carbocycles. The minimum absolute atomic E-state index is 0.0111. The normalized spacial score (nSPS) is 16.5. The van der Waals surface area contributed by atoms with E-state index in [0.717, 1.165) is 31.5 Å². The van der Waals surface area contributed by atoms with Crippen molar-refractivity contribution in [2.24, 2.45) is 0 Å². The van der Waals surface area contributed by atoms with Gasteiger partial charge in [-0.3, -0.25) is 4.79 Å². The van der Waals surface area contributed by atoms with Gasteiger partial charge in [-0.25, -0.2) is 4.98 Å². The highest BCUT2D eigenvalue weighted by Crippen LogP contribution is 2.16. The van der Waals surface area contributed by atoms with E-state index in [1.54, 1.807) is 12.3 Å². The van der Waals surface area contributed by atoms with E-state index in [4.69, 9.17) is 10.5 Å². The van der Waals surface area contributed by atoms with Crippen molar-refractivity contribution in [3.05, 3.63) is 23.4 Å². The van der Waals surface area contributed by atoms with Gasteiger partial charge in [0.05, 0.1) is 18.3 Å². The standard InChI is InChI=1S/C14H21N3O2/c1-10-2-8-17-14(15)13(10)12(18)5-9-19-11-3-6-16-7-4-11/h2,8,11,16H,3-7,9H2,1H3,(H2,15,17). The van der Waals surface area contributed by atoms with Gasteiger partial charge in [0.15, 0.2) is 5.78 Å². The summed E-state index contributed by atoms with van der Waals surface area (Å²) < 4.78 is 5.73. The van der Waals surface area contributed by atoms with Gasteiger partial charge in [0.1, 0.15) is 5.82 Å². The van der Waals surface area contributed by atoms with Crippen molar-refractivity contribution >= 4 is 11.6 Å². The van der Waals surface area contributed by atoms with Crippen molar-refractivity contribution in [2.45, 2.75) is 32.3 Å². The Bertz CT molecular complexity index is 422. The van der Waals surface area contributed by atoms with Crippen molar-refractivity contribution in [3.8, 4) is 0 Å². The monoisotopic (exact) mass is 263 g/mol. The molecule has 5 heteroatoms. The summed E-state index contributed by atoms with van der Waals surface area (Å²) in [4.78, 5) is 16.1. The van der Waals surface area contributed by atoms with Gasteiger partial charge in [-0.15, -0.1) is 0 Å². The number of aryl methyl sites for hydroxylation is 1. The molecule has 0 bridgehead atoms. The number of piperidine rings is 1. The van der Waals surface area contributed by atoms with Gasteiger partial charge in [0.2, 0.25) is 0 Å². The molecule has 0 unspecified atom stereocenters. The van der Waals surface area contributed by atoms with Crippen LogP contribution in [0, 0.1) is 6.92 Å². The summed E-state index contributed by atoms with van der Waals surface area (Å²) in [7, 11) is 0. The predicted molar refractivity (Wildman–Crippen MR) is 74.2 cm³/mol. The molecule has 1 aromatic rings. The summed E-state index contributed by atoms with van der Waals surface area (Å²) in [6.07, 6.45) is 4.29. The van der Waals surface area contributed by atoms with E-state index in [0.29, 0.717) is 24.4 Å². The van der Waals surface area contributed by atoms with E-state index >= 15 is 0 Å². The lowest BCUT2D eigenvalue weighted by Gasteiger charge is -2.22. The number of nitrogens with two attached hydrogens (primary N) is 1. The number of nitrogens with one attached hydrogen (secondary N) is 1. The van der Waals surface area contributed by atoms with Gasteiger partial charge in [-0.2, -0.15) is 0 Å². The van der Waals surface area contributed by atoms with Gasteiger partial charge >= 0.3 is 0 Å². The second kappa shape index (κ2) is 6.63. The fourth-order valence-electron chi connectivity index (χ4n) is 2.35. The Labute approximate surface area is 113 Å². The maximum Gasteiger partial charge on any atom is 0.169 e. The molecule has 1 fully saturated rings. The molecule has 104 valence electrons. The smallest absolute Gasteiger partial charge is 0.169 e. The van der Waals surface area contributed by atoms with Crippen LogP contribution in [0.4, 0.5) is 5.82 Å². The molecular formula is C14H21N3O2. The van der Waals surface area contributed by atoms with Gasteiger partial charge in [0, 0.05) is 12.6 Å². The number of carbonyl (C=O) groups excluding carboxylic acids is 1. The summed E-state index contributed by atoms with van der Waals surface area (Å²) in [5.41, 5.74) is 7.17. The van der Waals surface area contributed by atoms with E-state index in [2.05, 4.69) is 10.3 Å². The summed E-state index contributed by atoms with van der Waals surface area (Å²) in [6.45, 7) is 4.32. The zero-order valence-electron chi connectivity index (χ0n) is 11.3. The highest BCUT2D eigenvalue weighted by molar-refractivity contribution is 6.01. The average molecular weight is 263 g/mol. The van der Waals surface area contributed by atoms with Crippen LogP contribution in [0.25, 0.3) is 0 Å². The molecule has 1 aromatic heterocycles. The zero-order valence-corrected chi connectivity index (χ0v) is 11.3. The number of rotatable bonds is 5. The number of hydrogen-bond donors (Lipinski definition) is 2. The highest BCUT2D eigenvalue weighted by Gasteiger charge is 2.16. The fraction of sp³-hybridized carbons (Fsp3) is 0.571. The highest BCUT2D eigenvalue weighted by atomic mass is 16.5.